The second-order valence-corrected chi connectivity index (χ2v) is 6.92. The highest BCUT2D eigenvalue weighted by Gasteiger charge is 2.21. The second-order valence-electron chi connectivity index (χ2n) is 4.91. The number of benzene rings is 1. The molecule has 0 fully saturated rings. The van der Waals surface area contributed by atoms with Crippen LogP contribution in [0.5, 0.6) is 0 Å². The highest BCUT2D eigenvalue weighted by molar-refractivity contribution is 8.00. The number of anilines is 1. The summed E-state index contributed by atoms with van der Waals surface area (Å²) in [5.74, 6) is -0.132. The van der Waals surface area contributed by atoms with Gasteiger partial charge in [-0.05, 0) is 24.6 Å². The van der Waals surface area contributed by atoms with Crippen molar-refractivity contribution in [1.82, 2.24) is 19.9 Å². The zero-order valence-corrected chi connectivity index (χ0v) is 14.9. The van der Waals surface area contributed by atoms with Crippen molar-refractivity contribution in [1.29, 1.82) is 0 Å². The fourth-order valence-corrected chi connectivity index (χ4v) is 3.36. The summed E-state index contributed by atoms with van der Waals surface area (Å²) in [4.78, 5) is 28.0. The Morgan fingerprint density at radius 2 is 2.12 bits per heavy atom. The third kappa shape index (κ3) is 3.63. The summed E-state index contributed by atoms with van der Waals surface area (Å²) in [7, 11) is 0. The topological polar surface area (TPSA) is 83.6 Å². The van der Waals surface area contributed by atoms with Crippen LogP contribution in [-0.4, -0.2) is 31.1 Å². The molecule has 1 amide bonds. The number of hydrogen-bond donors (Lipinski definition) is 2. The molecule has 0 aliphatic rings. The van der Waals surface area contributed by atoms with Gasteiger partial charge in [0.1, 0.15) is 16.9 Å². The van der Waals surface area contributed by atoms with E-state index in [2.05, 4.69) is 25.3 Å². The number of fused-ring (bicyclic) bond motifs is 1. The van der Waals surface area contributed by atoms with Gasteiger partial charge in [-0.25, -0.2) is 15.0 Å². The van der Waals surface area contributed by atoms with Crippen LogP contribution in [0.15, 0.2) is 35.9 Å². The molecular formula is C15H13Cl2N5OS. The zero-order chi connectivity index (χ0) is 17.1. The Balaban J connectivity index is 1.76. The van der Waals surface area contributed by atoms with Crippen molar-refractivity contribution >= 4 is 57.7 Å². The van der Waals surface area contributed by atoms with Gasteiger partial charge < -0.3 is 10.3 Å². The summed E-state index contributed by atoms with van der Waals surface area (Å²) >= 11 is 13.2. The van der Waals surface area contributed by atoms with Gasteiger partial charge in [-0.2, -0.15) is 0 Å². The lowest BCUT2D eigenvalue weighted by molar-refractivity contribution is -0.115. The lowest BCUT2D eigenvalue weighted by Crippen LogP contribution is -2.24. The van der Waals surface area contributed by atoms with Crippen LogP contribution in [-0.2, 0) is 4.79 Å². The van der Waals surface area contributed by atoms with Gasteiger partial charge in [0.2, 0.25) is 5.91 Å². The molecule has 3 aromatic rings. The van der Waals surface area contributed by atoms with Crippen LogP contribution in [0.4, 0.5) is 5.69 Å². The van der Waals surface area contributed by atoms with Crippen LogP contribution in [0, 0.1) is 0 Å². The fourth-order valence-electron chi connectivity index (χ4n) is 2.09. The van der Waals surface area contributed by atoms with Crippen LogP contribution in [0.3, 0.4) is 0 Å². The minimum Gasteiger partial charge on any atom is -0.341 e. The summed E-state index contributed by atoms with van der Waals surface area (Å²) in [5.41, 5.74) is 1.90. The molecule has 0 bridgehead atoms. The van der Waals surface area contributed by atoms with Crippen molar-refractivity contribution in [2.75, 3.05) is 5.32 Å². The van der Waals surface area contributed by atoms with E-state index in [1.807, 2.05) is 6.92 Å². The SMILES string of the molecule is CC[C@@H](Sc1ncnc2nc[nH]c12)C(=O)Nc1ccc(Cl)c(Cl)c1. The van der Waals surface area contributed by atoms with E-state index in [1.165, 1.54) is 18.1 Å². The molecule has 1 aromatic carbocycles. The minimum atomic E-state index is -0.319. The van der Waals surface area contributed by atoms with Crippen LogP contribution in [0.2, 0.25) is 10.0 Å². The fraction of sp³-hybridized carbons (Fsp3) is 0.200. The number of carbonyl (C=O) groups excluding carboxylic acids is 1. The van der Waals surface area contributed by atoms with Gasteiger partial charge in [0, 0.05) is 5.69 Å². The lowest BCUT2D eigenvalue weighted by Gasteiger charge is -2.14. The smallest absolute Gasteiger partial charge is 0.237 e. The van der Waals surface area contributed by atoms with Crippen LogP contribution < -0.4 is 5.32 Å². The quantitative estimate of drug-likeness (QED) is 0.511. The van der Waals surface area contributed by atoms with E-state index in [0.29, 0.717) is 32.8 Å². The van der Waals surface area contributed by atoms with Crippen molar-refractivity contribution in [3.05, 3.63) is 40.9 Å². The molecule has 0 aliphatic heterocycles. The molecule has 124 valence electrons. The average Bonchev–Trinajstić information content (AvgIpc) is 3.05. The number of amides is 1. The first-order chi connectivity index (χ1) is 11.6. The predicted molar refractivity (Wildman–Crippen MR) is 96.7 cm³/mol. The number of hydrogen-bond acceptors (Lipinski definition) is 5. The Hall–Kier alpha value is -1.83. The standard InChI is InChI=1S/C15H13Cl2N5OS/c1-2-11(14(23)22-8-3-4-9(16)10(17)5-8)24-15-12-13(19-6-18-12)20-7-21-15/h3-7,11H,2H2,1H3,(H,22,23)(H,18,19,20,21)/t11-/m1/s1. The Morgan fingerprint density at radius 1 is 1.29 bits per heavy atom. The molecule has 2 heterocycles. The van der Waals surface area contributed by atoms with Crippen LogP contribution in [0.25, 0.3) is 11.2 Å². The summed E-state index contributed by atoms with van der Waals surface area (Å²) < 4.78 is 0. The van der Waals surface area contributed by atoms with Crippen LogP contribution >= 0.6 is 35.0 Å². The van der Waals surface area contributed by atoms with Gasteiger partial charge in [0.25, 0.3) is 0 Å². The van der Waals surface area contributed by atoms with Crippen molar-refractivity contribution in [2.45, 2.75) is 23.6 Å². The summed E-state index contributed by atoms with van der Waals surface area (Å²) in [6, 6.07) is 4.98. The minimum absolute atomic E-state index is 0.132. The van der Waals surface area contributed by atoms with Crippen molar-refractivity contribution in [2.24, 2.45) is 0 Å². The van der Waals surface area contributed by atoms with E-state index in [4.69, 9.17) is 23.2 Å². The molecule has 2 aromatic heterocycles. The van der Waals surface area contributed by atoms with Crippen molar-refractivity contribution in [3.63, 3.8) is 0 Å². The van der Waals surface area contributed by atoms with Crippen LogP contribution in [0.1, 0.15) is 13.3 Å². The molecule has 2 N–H and O–H groups in total. The number of halogens is 2. The molecule has 3 rings (SSSR count). The van der Waals surface area contributed by atoms with Crippen molar-refractivity contribution < 1.29 is 4.79 Å². The van der Waals surface area contributed by atoms with Gasteiger partial charge in [0.15, 0.2) is 5.65 Å². The summed E-state index contributed by atoms with van der Waals surface area (Å²) in [6.45, 7) is 1.94. The molecular weight excluding hydrogens is 369 g/mol. The third-order valence-electron chi connectivity index (χ3n) is 3.29. The monoisotopic (exact) mass is 381 g/mol. The highest BCUT2D eigenvalue weighted by Crippen LogP contribution is 2.30. The number of thioether (sulfide) groups is 1. The van der Waals surface area contributed by atoms with E-state index in [-0.39, 0.29) is 11.2 Å². The van der Waals surface area contributed by atoms with E-state index in [0.717, 1.165) is 5.52 Å². The molecule has 24 heavy (non-hydrogen) atoms. The first kappa shape index (κ1) is 17.0. The van der Waals surface area contributed by atoms with E-state index in [9.17, 15) is 4.79 Å². The molecule has 0 radical (unpaired) electrons. The van der Waals surface area contributed by atoms with Gasteiger partial charge in [-0.15, -0.1) is 0 Å². The second kappa shape index (κ2) is 7.38. The predicted octanol–water partition coefficient (Wildman–Crippen LogP) is 4.17. The largest absolute Gasteiger partial charge is 0.341 e. The number of nitrogens with one attached hydrogen (secondary N) is 2. The Bertz CT molecular complexity index is 885. The van der Waals surface area contributed by atoms with Gasteiger partial charge in [-0.3, -0.25) is 4.79 Å². The zero-order valence-electron chi connectivity index (χ0n) is 12.6. The molecule has 6 nitrogen and oxygen atoms in total. The number of nitrogens with zero attached hydrogens (tertiary/aromatic N) is 3. The maximum absolute atomic E-state index is 12.5. The van der Waals surface area contributed by atoms with Gasteiger partial charge in [-0.1, -0.05) is 41.9 Å². The molecule has 0 saturated carbocycles. The Labute approximate surface area is 152 Å². The first-order valence-electron chi connectivity index (χ1n) is 7.15. The molecule has 9 heteroatoms. The number of aromatic amines is 1. The first-order valence-corrected chi connectivity index (χ1v) is 8.78. The number of carbonyl (C=O) groups is 1. The summed E-state index contributed by atoms with van der Waals surface area (Å²) in [6.07, 6.45) is 3.63. The van der Waals surface area contributed by atoms with E-state index < -0.39 is 0 Å². The average molecular weight is 382 g/mol. The Morgan fingerprint density at radius 3 is 2.88 bits per heavy atom. The van der Waals surface area contributed by atoms with Gasteiger partial charge >= 0.3 is 0 Å². The lowest BCUT2D eigenvalue weighted by atomic mass is 10.2. The number of aromatic nitrogens is 4. The van der Waals surface area contributed by atoms with E-state index in [1.54, 1.807) is 24.5 Å². The molecule has 1 atom stereocenters. The van der Waals surface area contributed by atoms with Gasteiger partial charge in [0.05, 0.1) is 21.6 Å². The highest BCUT2D eigenvalue weighted by atomic mass is 35.5. The molecule has 0 aliphatic carbocycles. The maximum Gasteiger partial charge on any atom is 0.237 e. The number of imidazole rings is 1. The van der Waals surface area contributed by atoms with Crippen molar-refractivity contribution in [3.8, 4) is 0 Å². The molecule has 0 spiro atoms. The normalized spacial score (nSPS) is 12.3. The van der Waals surface area contributed by atoms with E-state index >= 15 is 0 Å². The molecule has 0 saturated heterocycles. The summed E-state index contributed by atoms with van der Waals surface area (Å²) in [5, 5.41) is 4.06. The maximum atomic E-state index is 12.5. The number of rotatable bonds is 5. The third-order valence-corrected chi connectivity index (χ3v) is 5.40. The molecule has 0 unspecified atom stereocenters. The Kier molecular flexibility index (Phi) is 5.23. The number of H-pyrrole nitrogens is 1.